The van der Waals surface area contributed by atoms with E-state index in [2.05, 4.69) is 32.1 Å². The van der Waals surface area contributed by atoms with Crippen molar-refractivity contribution in [3.05, 3.63) is 64.1 Å². The molecule has 3 aromatic rings. The van der Waals surface area contributed by atoms with Gasteiger partial charge in [0.25, 0.3) is 5.91 Å². The average molecular weight is 602 g/mol. The Hall–Kier alpha value is -4.04. The largest absolute Gasteiger partial charge is 0.417 e. The molecular weight excluding hydrogens is 570 g/mol. The molecule has 43 heavy (non-hydrogen) atoms. The number of anilines is 3. The van der Waals surface area contributed by atoms with Crippen LogP contribution in [0.15, 0.2) is 41.6 Å². The van der Waals surface area contributed by atoms with Crippen LogP contribution in [0.3, 0.4) is 0 Å². The number of halogens is 4. The number of rotatable bonds is 6. The number of likely N-dealkylation sites (tertiary alicyclic amines) is 1. The number of alkyl halides is 3. The summed E-state index contributed by atoms with van der Waals surface area (Å²) in [7, 11) is 0. The lowest BCUT2D eigenvalue weighted by Gasteiger charge is -2.27. The number of carbonyl (C=O) groups excluding carboxylic acids is 1. The number of aromatic nitrogens is 3. The van der Waals surface area contributed by atoms with E-state index in [4.69, 9.17) is 4.74 Å². The van der Waals surface area contributed by atoms with Gasteiger partial charge in [-0.3, -0.25) is 14.5 Å². The molecule has 3 fully saturated rings. The smallest absolute Gasteiger partial charge is 0.378 e. The van der Waals surface area contributed by atoms with Crippen molar-refractivity contribution in [2.45, 2.75) is 25.6 Å². The van der Waals surface area contributed by atoms with Gasteiger partial charge in [0.2, 0.25) is 11.5 Å². The number of benzene rings is 1. The fourth-order valence-electron chi connectivity index (χ4n) is 6.25. The first kappa shape index (κ1) is 29.1. The SMILES string of the molecule is CCN1CC[C@@H]2CN(c3cc(F)c(-c4cnc(N5CCOCC5)nc4)cc3NC(=O)c3c[nH]c(=O)cc3C(F)(F)F)C[C@@H]21. The Morgan fingerprint density at radius 3 is 2.53 bits per heavy atom. The number of nitrogens with zero attached hydrogens (tertiary/aromatic N) is 5. The van der Waals surface area contributed by atoms with E-state index in [0.717, 1.165) is 25.7 Å². The number of fused-ring (bicyclic) bond motifs is 1. The monoisotopic (exact) mass is 601 g/mol. The molecule has 14 heteroatoms. The van der Waals surface area contributed by atoms with Crippen LogP contribution in [0.2, 0.25) is 0 Å². The van der Waals surface area contributed by atoms with Gasteiger partial charge < -0.3 is 24.8 Å². The van der Waals surface area contributed by atoms with Gasteiger partial charge in [-0.15, -0.1) is 0 Å². The quantitative estimate of drug-likeness (QED) is 0.413. The highest BCUT2D eigenvalue weighted by Gasteiger charge is 2.41. The predicted molar refractivity (Wildman–Crippen MR) is 152 cm³/mol. The average Bonchev–Trinajstić information content (AvgIpc) is 3.59. The molecular formula is C29H31F4N7O3. The summed E-state index contributed by atoms with van der Waals surface area (Å²) in [6, 6.07) is 3.31. The van der Waals surface area contributed by atoms with Crippen LogP contribution in [0.1, 0.15) is 29.3 Å². The predicted octanol–water partition coefficient (Wildman–Crippen LogP) is 3.61. The van der Waals surface area contributed by atoms with E-state index in [1.807, 2.05) is 9.80 Å². The second-order valence-electron chi connectivity index (χ2n) is 10.9. The van der Waals surface area contributed by atoms with E-state index in [1.54, 1.807) is 0 Å². The van der Waals surface area contributed by atoms with E-state index in [9.17, 15) is 22.8 Å². The van der Waals surface area contributed by atoms with Crippen molar-refractivity contribution in [3.8, 4) is 11.1 Å². The topological polar surface area (TPSA) is 107 Å². The maximum absolute atomic E-state index is 15.8. The van der Waals surface area contributed by atoms with Crippen molar-refractivity contribution >= 4 is 23.2 Å². The Kier molecular flexibility index (Phi) is 7.81. The van der Waals surface area contributed by atoms with Crippen molar-refractivity contribution in [1.82, 2.24) is 19.9 Å². The lowest BCUT2D eigenvalue weighted by atomic mass is 10.0. The van der Waals surface area contributed by atoms with E-state index in [1.165, 1.54) is 24.5 Å². The van der Waals surface area contributed by atoms with E-state index in [0.29, 0.717) is 68.6 Å². The van der Waals surface area contributed by atoms with Gasteiger partial charge in [-0.05, 0) is 37.6 Å². The molecule has 3 aliphatic rings. The first-order chi connectivity index (χ1) is 20.6. The molecule has 0 radical (unpaired) electrons. The minimum Gasteiger partial charge on any atom is -0.378 e. The molecule has 0 unspecified atom stereocenters. The molecule has 2 aromatic heterocycles. The number of amides is 1. The van der Waals surface area contributed by atoms with Crippen LogP contribution >= 0.6 is 0 Å². The zero-order valence-electron chi connectivity index (χ0n) is 23.5. The van der Waals surface area contributed by atoms with Gasteiger partial charge in [0, 0.05) is 68.0 Å². The van der Waals surface area contributed by atoms with Crippen molar-refractivity contribution < 1.29 is 27.1 Å². The molecule has 3 aliphatic heterocycles. The number of hydrogen-bond donors (Lipinski definition) is 2. The number of nitrogens with one attached hydrogen (secondary N) is 2. The zero-order chi connectivity index (χ0) is 30.3. The van der Waals surface area contributed by atoms with Gasteiger partial charge in [-0.1, -0.05) is 6.92 Å². The first-order valence-electron chi connectivity index (χ1n) is 14.2. The highest BCUT2D eigenvalue weighted by Crippen LogP contribution is 2.40. The minimum absolute atomic E-state index is 0.0830. The third-order valence-corrected chi connectivity index (χ3v) is 8.46. The summed E-state index contributed by atoms with van der Waals surface area (Å²) < 4.78 is 62.3. The molecule has 0 saturated carbocycles. The lowest BCUT2D eigenvalue weighted by Crippen LogP contribution is -2.37. The Morgan fingerprint density at radius 1 is 1.09 bits per heavy atom. The molecule has 2 atom stereocenters. The van der Waals surface area contributed by atoms with Crippen LogP contribution in [-0.4, -0.2) is 84.3 Å². The van der Waals surface area contributed by atoms with Crippen LogP contribution < -0.4 is 20.7 Å². The molecule has 5 heterocycles. The maximum Gasteiger partial charge on any atom is 0.417 e. The van der Waals surface area contributed by atoms with Crippen molar-refractivity contribution in [2.24, 2.45) is 5.92 Å². The summed E-state index contributed by atoms with van der Waals surface area (Å²) in [6.07, 6.45) is -0.263. The highest BCUT2D eigenvalue weighted by atomic mass is 19.4. The second-order valence-corrected chi connectivity index (χ2v) is 10.9. The number of carbonyl (C=O) groups is 1. The molecule has 228 valence electrons. The van der Waals surface area contributed by atoms with Crippen LogP contribution in [0, 0.1) is 11.7 Å². The molecule has 1 aromatic carbocycles. The van der Waals surface area contributed by atoms with Gasteiger partial charge in [0.15, 0.2) is 0 Å². The van der Waals surface area contributed by atoms with E-state index in [-0.39, 0.29) is 17.3 Å². The Balaban J connectivity index is 1.37. The third-order valence-electron chi connectivity index (χ3n) is 8.46. The molecule has 0 spiro atoms. The number of aromatic amines is 1. The molecule has 10 nitrogen and oxygen atoms in total. The number of morpholine rings is 1. The number of hydrogen-bond acceptors (Lipinski definition) is 8. The van der Waals surface area contributed by atoms with Gasteiger partial charge in [-0.25, -0.2) is 14.4 Å². The summed E-state index contributed by atoms with van der Waals surface area (Å²) >= 11 is 0. The number of ether oxygens (including phenoxy) is 1. The zero-order valence-corrected chi connectivity index (χ0v) is 23.5. The number of pyridine rings is 1. The Labute approximate surface area is 244 Å². The Bertz CT molecular complexity index is 1560. The highest BCUT2D eigenvalue weighted by molar-refractivity contribution is 6.07. The lowest BCUT2D eigenvalue weighted by molar-refractivity contribution is -0.138. The van der Waals surface area contributed by atoms with E-state index >= 15 is 4.39 Å². The molecule has 3 saturated heterocycles. The fraction of sp³-hybridized carbons (Fsp3) is 0.448. The number of likely N-dealkylation sites (N-methyl/N-ethyl adjacent to an activating group) is 1. The normalized spacial score (nSPS) is 20.9. The van der Waals surface area contributed by atoms with Crippen molar-refractivity contribution in [1.29, 1.82) is 0 Å². The van der Waals surface area contributed by atoms with Crippen molar-refractivity contribution in [2.75, 3.05) is 67.6 Å². The van der Waals surface area contributed by atoms with Gasteiger partial charge in [0.05, 0.1) is 35.7 Å². The third kappa shape index (κ3) is 5.80. The minimum atomic E-state index is -4.94. The van der Waals surface area contributed by atoms with Gasteiger partial charge in [-0.2, -0.15) is 13.2 Å². The Morgan fingerprint density at radius 2 is 1.84 bits per heavy atom. The van der Waals surface area contributed by atoms with Crippen molar-refractivity contribution in [3.63, 3.8) is 0 Å². The van der Waals surface area contributed by atoms with Gasteiger partial charge >= 0.3 is 6.18 Å². The van der Waals surface area contributed by atoms with Crippen LogP contribution in [0.25, 0.3) is 11.1 Å². The molecule has 0 bridgehead atoms. The summed E-state index contributed by atoms with van der Waals surface area (Å²) in [5.74, 6) is -0.848. The molecule has 1 amide bonds. The van der Waals surface area contributed by atoms with Crippen LogP contribution in [0.4, 0.5) is 34.9 Å². The maximum atomic E-state index is 15.8. The molecule has 2 N–H and O–H groups in total. The summed E-state index contributed by atoms with van der Waals surface area (Å²) in [4.78, 5) is 42.2. The fourth-order valence-corrected chi connectivity index (χ4v) is 6.25. The first-order valence-corrected chi connectivity index (χ1v) is 14.2. The van der Waals surface area contributed by atoms with Gasteiger partial charge in [0.1, 0.15) is 5.82 Å². The second kappa shape index (κ2) is 11.6. The molecule has 6 rings (SSSR count). The number of H-pyrrole nitrogens is 1. The summed E-state index contributed by atoms with van der Waals surface area (Å²) in [5.41, 5.74) is -2.17. The van der Waals surface area contributed by atoms with E-state index < -0.39 is 34.6 Å². The summed E-state index contributed by atoms with van der Waals surface area (Å²) in [5, 5.41) is 2.58. The van der Waals surface area contributed by atoms with Crippen LogP contribution in [0.5, 0.6) is 0 Å². The summed E-state index contributed by atoms with van der Waals surface area (Å²) in [6.45, 7) is 7.47. The van der Waals surface area contributed by atoms with Crippen LogP contribution in [-0.2, 0) is 10.9 Å². The molecule has 0 aliphatic carbocycles. The standard InChI is InChI=1S/C29H31F4N7O3/c1-2-38-4-3-17-15-40(16-25(17)38)24-11-22(30)19(18-12-35-28(36-13-18)39-5-7-43-8-6-39)9-23(24)37-27(42)20-14-34-26(41)10-21(20)29(31,32)33/h9-14,17,25H,2-8,15-16H2,1H3,(H,34,41)(H,37,42)/t17-,25+/m1/s1.